The van der Waals surface area contributed by atoms with E-state index in [1.807, 2.05) is 52.2 Å². The van der Waals surface area contributed by atoms with Crippen LogP contribution in [-0.4, -0.2) is 180 Å². The third kappa shape index (κ3) is 16.9. The molecule has 2 saturated heterocycles. The second-order valence-corrected chi connectivity index (χ2v) is 26.7. The van der Waals surface area contributed by atoms with Crippen molar-refractivity contribution in [2.45, 2.75) is 86.3 Å². The highest BCUT2D eigenvalue weighted by Crippen LogP contribution is 2.42. The highest BCUT2D eigenvalue weighted by molar-refractivity contribution is 7.89. The number of hydrogen-bond acceptors (Lipinski definition) is 12. The number of nitrogens with zero attached hydrogens (tertiary/aromatic N) is 4. The number of aryl methyl sites for hydroxylation is 2. The number of likely N-dealkylation sites (tertiary alicyclic amines) is 2. The van der Waals surface area contributed by atoms with E-state index in [-0.39, 0.29) is 45.8 Å². The summed E-state index contributed by atoms with van der Waals surface area (Å²) in [6.07, 6.45) is 2.72. The number of rotatable bonds is 25. The lowest BCUT2D eigenvalue weighted by molar-refractivity contribution is 0.113. The second-order valence-electron chi connectivity index (χ2n) is 21.6. The molecule has 2 unspecified atom stereocenters. The van der Waals surface area contributed by atoms with E-state index in [1.54, 1.807) is 36.4 Å². The molecule has 0 aromatic heterocycles. The summed E-state index contributed by atoms with van der Waals surface area (Å²) in [6.45, 7) is 13.8. The molecule has 4 heterocycles. The van der Waals surface area contributed by atoms with Crippen LogP contribution in [0.4, 0.5) is 9.59 Å². The summed E-state index contributed by atoms with van der Waals surface area (Å²) >= 11 is 26.1. The van der Waals surface area contributed by atoms with Crippen LogP contribution in [0.2, 0.25) is 20.1 Å². The number of halogens is 4. The number of amides is 4. The van der Waals surface area contributed by atoms with Gasteiger partial charge in [0.2, 0.25) is 20.0 Å². The number of unbranched alkanes of at least 4 members (excludes halogenated alkanes) is 1. The molecule has 2 fully saturated rings. The predicted octanol–water partition coefficient (Wildman–Crippen LogP) is 6.89. The number of likely N-dealkylation sites (N-methyl/N-ethyl adjacent to an activating group) is 2. The van der Waals surface area contributed by atoms with Crippen molar-refractivity contribution in [3.05, 3.63) is 125 Å². The molecule has 0 saturated carbocycles. The predicted molar refractivity (Wildman–Crippen MR) is 316 cm³/mol. The molecular formula is C56H76Cl4N10O8S2. The van der Waals surface area contributed by atoms with Gasteiger partial charge < -0.3 is 40.5 Å². The number of carbonyl (C=O) groups excluding carboxylic acids is 2. The highest BCUT2D eigenvalue weighted by Gasteiger charge is 2.34. The van der Waals surface area contributed by atoms with Crippen molar-refractivity contribution in [1.29, 1.82) is 0 Å². The molecule has 6 N–H and O–H groups in total. The van der Waals surface area contributed by atoms with Crippen LogP contribution in [0.25, 0.3) is 0 Å². The van der Waals surface area contributed by atoms with Crippen molar-refractivity contribution in [3.8, 4) is 0 Å². The molecule has 0 spiro atoms. The topological polar surface area (TPSA) is 206 Å². The Kier molecular flexibility index (Phi) is 22.3. The Bertz CT molecular complexity index is 2850. The Hall–Kier alpha value is -3.84. The SMILES string of the molecule is Cc1ccc(S(=O)(=O)N[C@H]2CCN(CCOCCNC(=O)NCCCCNC(=O)NCCOCCN3CC[C@H](NS(=O)(=O)c4ccc(C)c(C5CN(C)Cc6c(Cl)cc(Cl)cc65)c4)C3)C2)cc1C1CN(C)Cc2c(Cl)cc(Cl)cc21. The minimum Gasteiger partial charge on any atom is -0.378 e. The van der Waals surface area contributed by atoms with E-state index in [0.29, 0.717) is 151 Å². The maximum Gasteiger partial charge on any atom is 0.314 e. The normalized spacial score (nSPS) is 20.1. The fourth-order valence-corrected chi connectivity index (χ4v) is 15.0. The summed E-state index contributed by atoms with van der Waals surface area (Å²) in [5, 5.41) is 13.6. The monoisotopic (exact) mass is 1220 g/mol. The third-order valence-electron chi connectivity index (χ3n) is 15.4. The van der Waals surface area contributed by atoms with Gasteiger partial charge in [0.15, 0.2) is 0 Å². The van der Waals surface area contributed by atoms with Crippen LogP contribution in [0.3, 0.4) is 0 Å². The van der Waals surface area contributed by atoms with Gasteiger partial charge in [-0.15, -0.1) is 0 Å². The molecule has 4 atom stereocenters. The van der Waals surface area contributed by atoms with E-state index < -0.39 is 20.0 Å². The number of ether oxygens (including phenoxy) is 2. The molecule has 4 aliphatic rings. The Morgan fingerprint density at radius 3 is 1.35 bits per heavy atom. The van der Waals surface area contributed by atoms with Gasteiger partial charge in [-0.05, 0) is 160 Å². The summed E-state index contributed by atoms with van der Waals surface area (Å²) in [6, 6.07) is 17.0. The Morgan fingerprint density at radius 2 is 0.938 bits per heavy atom. The molecule has 4 aliphatic heterocycles. The molecule has 0 aliphatic carbocycles. The molecule has 4 amide bonds. The largest absolute Gasteiger partial charge is 0.378 e. The molecular weight excluding hydrogens is 1150 g/mol. The first-order valence-corrected chi connectivity index (χ1v) is 31.9. The number of benzene rings is 4. The van der Waals surface area contributed by atoms with Gasteiger partial charge >= 0.3 is 12.1 Å². The molecule has 8 rings (SSSR count). The van der Waals surface area contributed by atoms with Gasteiger partial charge in [-0.2, -0.15) is 0 Å². The van der Waals surface area contributed by atoms with Crippen LogP contribution < -0.4 is 30.7 Å². The molecule has 0 radical (unpaired) electrons. The lowest BCUT2D eigenvalue weighted by Crippen LogP contribution is -2.39. The lowest BCUT2D eigenvalue weighted by atomic mass is 9.83. The Balaban J connectivity index is 0.619. The van der Waals surface area contributed by atoms with Gasteiger partial charge in [0.1, 0.15) is 0 Å². The molecule has 18 nitrogen and oxygen atoms in total. The van der Waals surface area contributed by atoms with Gasteiger partial charge in [0.25, 0.3) is 0 Å². The summed E-state index contributed by atoms with van der Waals surface area (Å²) in [7, 11) is -3.52. The first-order valence-electron chi connectivity index (χ1n) is 27.4. The van der Waals surface area contributed by atoms with Gasteiger partial charge in [0, 0.05) is 123 Å². The van der Waals surface area contributed by atoms with Gasteiger partial charge in [0.05, 0.1) is 36.2 Å². The fourth-order valence-electron chi connectivity index (χ4n) is 11.2. The van der Waals surface area contributed by atoms with Crippen LogP contribution >= 0.6 is 46.4 Å². The zero-order chi connectivity index (χ0) is 57.1. The second kappa shape index (κ2) is 28.6. The number of fused-ring (bicyclic) bond motifs is 2. The van der Waals surface area contributed by atoms with Crippen LogP contribution in [0.15, 0.2) is 70.5 Å². The molecule has 4 aromatic carbocycles. The molecule has 4 aromatic rings. The van der Waals surface area contributed by atoms with E-state index in [1.165, 1.54) is 0 Å². The van der Waals surface area contributed by atoms with Crippen molar-refractivity contribution < 1.29 is 35.9 Å². The maximum absolute atomic E-state index is 13.7. The van der Waals surface area contributed by atoms with Crippen molar-refractivity contribution in [1.82, 2.24) is 50.3 Å². The van der Waals surface area contributed by atoms with Crippen molar-refractivity contribution in [2.24, 2.45) is 0 Å². The lowest BCUT2D eigenvalue weighted by Gasteiger charge is -2.34. The third-order valence-corrected chi connectivity index (χ3v) is 19.5. The van der Waals surface area contributed by atoms with Crippen molar-refractivity contribution in [2.75, 3.05) is 119 Å². The summed E-state index contributed by atoms with van der Waals surface area (Å²) < 4.78 is 72.1. The van der Waals surface area contributed by atoms with Crippen molar-refractivity contribution in [3.63, 3.8) is 0 Å². The Morgan fingerprint density at radius 1 is 0.537 bits per heavy atom. The van der Waals surface area contributed by atoms with E-state index in [2.05, 4.69) is 50.3 Å². The summed E-state index contributed by atoms with van der Waals surface area (Å²) in [5.41, 5.74) is 7.94. The van der Waals surface area contributed by atoms with Crippen molar-refractivity contribution >= 4 is 78.5 Å². The number of urea groups is 2. The minimum absolute atomic E-state index is 0.0812. The first kappa shape index (κ1) is 62.2. The van der Waals surface area contributed by atoms with E-state index >= 15 is 0 Å². The number of nitrogens with one attached hydrogen (secondary N) is 6. The zero-order valence-electron chi connectivity index (χ0n) is 46.0. The Labute approximate surface area is 492 Å². The van der Waals surface area contributed by atoms with Crippen LogP contribution in [0.5, 0.6) is 0 Å². The first-order chi connectivity index (χ1) is 38.2. The maximum atomic E-state index is 13.7. The summed E-state index contributed by atoms with van der Waals surface area (Å²) in [5.74, 6) is -0.162. The van der Waals surface area contributed by atoms with Crippen LogP contribution in [0, 0.1) is 13.8 Å². The average molecular weight is 1220 g/mol. The molecule has 24 heteroatoms. The van der Waals surface area contributed by atoms with Crippen LogP contribution in [0.1, 0.15) is 82.0 Å². The average Bonchev–Trinajstić information content (AvgIpc) is 4.10. The van der Waals surface area contributed by atoms with Gasteiger partial charge in [-0.1, -0.05) is 58.5 Å². The zero-order valence-corrected chi connectivity index (χ0v) is 50.7. The van der Waals surface area contributed by atoms with E-state index in [0.717, 1.165) is 57.6 Å². The number of hydrogen-bond donors (Lipinski definition) is 6. The highest BCUT2D eigenvalue weighted by atomic mass is 35.5. The van der Waals surface area contributed by atoms with Gasteiger partial charge in [-0.25, -0.2) is 35.9 Å². The minimum atomic E-state index is -3.79. The van der Waals surface area contributed by atoms with E-state index in [4.69, 9.17) is 55.9 Å². The van der Waals surface area contributed by atoms with Gasteiger partial charge in [-0.3, -0.25) is 9.80 Å². The van der Waals surface area contributed by atoms with E-state index in [9.17, 15) is 26.4 Å². The fraction of sp³-hybridized carbons (Fsp3) is 0.536. The molecule has 438 valence electrons. The summed E-state index contributed by atoms with van der Waals surface area (Å²) in [4.78, 5) is 33.8. The standard InChI is InChI=1S/C56H76Cl4N10O8S2/c1-37-7-9-43(29-45(37)49-33-67(3)35-51-47(49)25-39(57)27-53(51)59)79(73,74)65-41-11-17-69(31-41)19-23-77-21-15-63-55(71)61-13-5-6-14-62-56(72)64-16-22-78-24-20-70-18-12-42(32-70)66-80(75,76)44-10-8-38(2)46(30-44)50-34-68(4)36-52-48(50)26-40(58)28-54(52)60/h7-10,25-30,41-42,49-50,65-66H,5-6,11-24,31-36H2,1-4H3,(H2,61,63,71)(H2,62,64,72)/t41-,42-,49?,50?/m0/s1. The number of sulfonamides is 2. The quantitative estimate of drug-likeness (QED) is 0.0376. The van der Waals surface area contributed by atoms with Crippen LogP contribution in [-0.2, 0) is 42.6 Å². The molecule has 80 heavy (non-hydrogen) atoms. The number of carbonyl (C=O) groups is 2. The molecule has 0 bridgehead atoms. The smallest absolute Gasteiger partial charge is 0.314 e.